The number of aromatic nitrogens is 2. The van der Waals surface area contributed by atoms with E-state index in [-0.39, 0.29) is 30.6 Å². The number of unbranched alkanes of at least 4 members (excludes halogenated alkanes) is 1. The molecule has 37 heavy (non-hydrogen) atoms. The number of aryl methyl sites for hydroxylation is 2. The SMILES string of the molecule is CCCCc1nc(C)c(C(=O)OCC)c(OCc2ccc(-c3ccccc3C(=O)OC(C)(C)C)cc2)n1. The highest BCUT2D eigenvalue weighted by molar-refractivity contribution is 5.97. The van der Waals surface area contributed by atoms with Crippen molar-refractivity contribution in [2.45, 2.75) is 73.0 Å². The molecule has 0 saturated heterocycles. The molecule has 0 N–H and O–H groups in total. The Balaban J connectivity index is 1.82. The van der Waals surface area contributed by atoms with Crippen molar-refractivity contribution in [1.82, 2.24) is 9.97 Å². The molecule has 0 atom stereocenters. The number of rotatable bonds is 10. The maximum absolute atomic E-state index is 12.7. The van der Waals surface area contributed by atoms with Crippen molar-refractivity contribution in [1.29, 1.82) is 0 Å². The second-order valence-electron chi connectivity index (χ2n) is 9.76. The molecule has 0 aliphatic rings. The average Bonchev–Trinajstić information content (AvgIpc) is 2.85. The number of ether oxygens (including phenoxy) is 3. The predicted octanol–water partition coefficient (Wildman–Crippen LogP) is 6.51. The second kappa shape index (κ2) is 12.5. The van der Waals surface area contributed by atoms with Crippen LogP contribution >= 0.6 is 0 Å². The van der Waals surface area contributed by atoms with Gasteiger partial charge in [-0.2, -0.15) is 4.98 Å². The predicted molar refractivity (Wildman–Crippen MR) is 143 cm³/mol. The second-order valence-corrected chi connectivity index (χ2v) is 9.76. The first-order chi connectivity index (χ1) is 17.6. The number of hydrogen-bond acceptors (Lipinski definition) is 7. The van der Waals surface area contributed by atoms with Crippen LogP contribution in [0.1, 0.15) is 85.3 Å². The zero-order valence-corrected chi connectivity index (χ0v) is 22.6. The lowest BCUT2D eigenvalue weighted by atomic mass is 9.98. The highest BCUT2D eigenvalue weighted by atomic mass is 16.6. The largest absolute Gasteiger partial charge is 0.472 e. The zero-order chi connectivity index (χ0) is 27.0. The summed E-state index contributed by atoms with van der Waals surface area (Å²) in [5.41, 5.74) is 3.30. The average molecular weight is 505 g/mol. The van der Waals surface area contributed by atoms with E-state index < -0.39 is 11.6 Å². The van der Waals surface area contributed by atoms with E-state index in [4.69, 9.17) is 14.2 Å². The Morgan fingerprint density at radius 3 is 2.27 bits per heavy atom. The molecule has 0 bridgehead atoms. The van der Waals surface area contributed by atoms with Crippen molar-refractivity contribution in [2.75, 3.05) is 6.61 Å². The summed E-state index contributed by atoms with van der Waals surface area (Å²) in [6, 6.07) is 15.1. The van der Waals surface area contributed by atoms with Crippen LogP contribution in [0.15, 0.2) is 48.5 Å². The van der Waals surface area contributed by atoms with E-state index in [9.17, 15) is 9.59 Å². The van der Waals surface area contributed by atoms with Gasteiger partial charge in [-0.3, -0.25) is 0 Å². The molecule has 0 fully saturated rings. The third-order valence-corrected chi connectivity index (χ3v) is 5.52. The number of nitrogens with zero attached hydrogens (tertiary/aromatic N) is 2. The Kier molecular flexibility index (Phi) is 9.39. The molecule has 196 valence electrons. The van der Waals surface area contributed by atoms with Crippen LogP contribution in [-0.2, 0) is 22.5 Å². The van der Waals surface area contributed by atoms with Gasteiger partial charge in [0.1, 0.15) is 23.6 Å². The Morgan fingerprint density at radius 1 is 0.919 bits per heavy atom. The van der Waals surface area contributed by atoms with Crippen molar-refractivity contribution in [2.24, 2.45) is 0 Å². The monoisotopic (exact) mass is 504 g/mol. The molecule has 0 saturated carbocycles. The van der Waals surface area contributed by atoms with Crippen molar-refractivity contribution in [3.63, 3.8) is 0 Å². The van der Waals surface area contributed by atoms with E-state index in [0.717, 1.165) is 29.5 Å². The minimum Gasteiger partial charge on any atom is -0.472 e. The minimum atomic E-state index is -0.580. The van der Waals surface area contributed by atoms with Crippen molar-refractivity contribution >= 4 is 11.9 Å². The van der Waals surface area contributed by atoms with E-state index in [1.54, 1.807) is 19.9 Å². The molecule has 0 unspecified atom stereocenters. The fourth-order valence-electron chi connectivity index (χ4n) is 3.77. The van der Waals surface area contributed by atoms with Crippen LogP contribution in [-0.4, -0.2) is 34.1 Å². The van der Waals surface area contributed by atoms with Crippen LogP contribution in [0.3, 0.4) is 0 Å². The van der Waals surface area contributed by atoms with E-state index in [1.165, 1.54) is 0 Å². The minimum absolute atomic E-state index is 0.212. The molecule has 0 radical (unpaired) electrons. The summed E-state index contributed by atoms with van der Waals surface area (Å²) >= 11 is 0. The number of carbonyl (C=O) groups is 2. The summed E-state index contributed by atoms with van der Waals surface area (Å²) in [5.74, 6) is 0.0269. The van der Waals surface area contributed by atoms with E-state index in [0.29, 0.717) is 23.5 Å². The van der Waals surface area contributed by atoms with E-state index in [1.807, 2.05) is 63.2 Å². The molecule has 3 rings (SSSR count). The fraction of sp³-hybridized carbons (Fsp3) is 0.400. The Hall–Kier alpha value is -3.74. The summed E-state index contributed by atoms with van der Waals surface area (Å²) in [6.45, 7) is 11.6. The Labute approximate surface area is 219 Å². The molecule has 2 aromatic carbocycles. The van der Waals surface area contributed by atoms with Gasteiger partial charge in [0, 0.05) is 6.42 Å². The van der Waals surface area contributed by atoms with Gasteiger partial charge in [-0.05, 0) is 63.8 Å². The first kappa shape index (κ1) is 27.8. The third kappa shape index (κ3) is 7.62. The quantitative estimate of drug-likeness (QED) is 0.291. The number of benzene rings is 2. The molecule has 3 aromatic rings. The number of esters is 2. The fourth-order valence-corrected chi connectivity index (χ4v) is 3.77. The van der Waals surface area contributed by atoms with Gasteiger partial charge in [0.05, 0.1) is 17.9 Å². The molecule has 1 aromatic heterocycles. The summed E-state index contributed by atoms with van der Waals surface area (Å²) in [4.78, 5) is 34.3. The van der Waals surface area contributed by atoms with Crippen molar-refractivity contribution in [3.8, 4) is 17.0 Å². The summed E-state index contributed by atoms with van der Waals surface area (Å²) in [7, 11) is 0. The maximum atomic E-state index is 12.7. The van der Waals surface area contributed by atoms with E-state index in [2.05, 4.69) is 16.9 Å². The smallest absolute Gasteiger partial charge is 0.345 e. The normalized spacial score (nSPS) is 11.2. The molecule has 0 spiro atoms. The van der Waals surface area contributed by atoms with Gasteiger partial charge in [-0.25, -0.2) is 14.6 Å². The van der Waals surface area contributed by atoms with Crippen LogP contribution in [0.2, 0.25) is 0 Å². The first-order valence-electron chi connectivity index (χ1n) is 12.7. The van der Waals surface area contributed by atoms with Gasteiger partial charge in [-0.1, -0.05) is 55.8 Å². The summed E-state index contributed by atoms with van der Waals surface area (Å²) in [5, 5.41) is 0. The van der Waals surface area contributed by atoms with E-state index >= 15 is 0 Å². The molecular formula is C30H36N2O5. The van der Waals surface area contributed by atoms with Crippen molar-refractivity contribution in [3.05, 3.63) is 76.7 Å². The van der Waals surface area contributed by atoms with Crippen molar-refractivity contribution < 1.29 is 23.8 Å². The van der Waals surface area contributed by atoms with Gasteiger partial charge in [0.25, 0.3) is 0 Å². The maximum Gasteiger partial charge on any atom is 0.345 e. The highest BCUT2D eigenvalue weighted by Crippen LogP contribution is 2.27. The molecule has 7 heteroatoms. The standard InChI is InChI=1S/C30H36N2O5/c1-7-9-14-25-31-20(3)26(29(34)35-8-2)27(32-25)36-19-21-15-17-22(18-16-21)23-12-10-11-13-24(23)28(33)37-30(4,5)6/h10-13,15-18H,7-9,14,19H2,1-6H3. The van der Waals surface area contributed by atoms with Crippen LogP contribution in [0.4, 0.5) is 0 Å². The van der Waals surface area contributed by atoms with Gasteiger partial charge in [0.15, 0.2) is 0 Å². The van der Waals surface area contributed by atoms with Gasteiger partial charge >= 0.3 is 11.9 Å². The number of hydrogen-bond donors (Lipinski definition) is 0. The Bertz CT molecular complexity index is 1230. The van der Waals surface area contributed by atoms with Gasteiger partial charge in [0.2, 0.25) is 5.88 Å². The third-order valence-electron chi connectivity index (χ3n) is 5.52. The molecule has 1 heterocycles. The molecular weight excluding hydrogens is 468 g/mol. The molecule has 0 amide bonds. The lowest BCUT2D eigenvalue weighted by Crippen LogP contribution is -2.24. The van der Waals surface area contributed by atoms with Crippen LogP contribution in [0.25, 0.3) is 11.1 Å². The molecule has 7 nitrogen and oxygen atoms in total. The molecule has 0 aliphatic heterocycles. The topological polar surface area (TPSA) is 87.6 Å². The highest BCUT2D eigenvalue weighted by Gasteiger charge is 2.22. The lowest BCUT2D eigenvalue weighted by Gasteiger charge is -2.20. The zero-order valence-electron chi connectivity index (χ0n) is 22.6. The summed E-state index contributed by atoms with van der Waals surface area (Å²) < 4.78 is 16.8. The van der Waals surface area contributed by atoms with Crippen LogP contribution < -0.4 is 4.74 Å². The van der Waals surface area contributed by atoms with Crippen LogP contribution in [0.5, 0.6) is 5.88 Å². The van der Waals surface area contributed by atoms with Gasteiger partial charge < -0.3 is 14.2 Å². The Morgan fingerprint density at radius 2 is 1.62 bits per heavy atom. The lowest BCUT2D eigenvalue weighted by molar-refractivity contribution is 0.00701. The number of carbonyl (C=O) groups excluding carboxylic acids is 2. The first-order valence-corrected chi connectivity index (χ1v) is 12.7. The summed E-state index contributed by atoms with van der Waals surface area (Å²) in [6.07, 6.45) is 2.67. The van der Waals surface area contributed by atoms with Gasteiger partial charge in [-0.15, -0.1) is 0 Å². The molecule has 0 aliphatic carbocycles. The van der Waals surface area contributed by atoms with Crippen LogP contribution in [0, 0.1) is 6.92 Å².